The molecule has 0 saturated heterocycles. The molecule has 1 atom stereocenters. The average Bonchev–Trinajstić information content (AvgIpc) is 3.14. The quantitative estimate of drug-likeness (QED) is 0.596. The second-order valence-electron chi connectivity index (χ2n) is 7.30. The standard InChI is InChI=1S/C23H29N3O3/c1-16(2)22(18-9-10-20(28-3)21(15-18)29-4)25-23(27)24-12-14-26-13-11-17-7-5-6-8-19(17)26/h5-11,13,15-16,22H,12,14H2,1-4H3,(H2,24,25,27)/t22-/m0/s1. The molecule has 3 rings (SSSR count). The molecule has 2 aromatic carbocycles. The highest BCUT2D eigenvalue weighted by Crippen LogP contribution is 2.32. The van der Waals surface area contributed by atoms with Gasteiger partial charge < -0.3 is 24.7 Å². The van der Waals surface area contributed by atoms with Crippen LogP contribution in [0, 0.1) is 5.92 Å². The minimum atomic E-state index is -0.185. The average molecular weight is 396 g/mol. The van der Waals surface area contributed by atoms with Crippen LogP contribution in [0.15, 0.2) is 54.7 Å². The number of benzene rings is 2. The van der Waals surface area contributed by atoms with Crippen molar-refractivity contribution < 1.29 is 14.3 Å². The van der Waals surface area contributed by atoms with Crippen molar-refractivity contribution in [1.82, 2.24) is 15.2 Å². The molecule has 0 unspecified atom stereocenters. The van der Waals surface area contributed by atoms with Crippen LogP contribution in [0.3, 0.4) is 0 Å². The summed E-state index contributed by atoms with van der Waals surface area (Å²) in [5, 5.41) is 7.25. The Balaban J connectivity index is 1.61. The predicted molar refractivity (Wildman–Crippen MR) is 116 cm³/mol. The summed E-state index contributed by atoms with van der Waals surface area (Å²) in [6, 6.07) is 15.7. The van der Waals surface area contributed by atoms with Crippen LogP contribution in [0.4, 0.5) is 4.79 Å². The van der Waals surface area contributed by atoms with Gasteiger partial charge in [0.15, 0.2) is 11.5 Å². The molecule has 0 aliphatic rings. The Morgan fingerprint density at radius 3 is 2.52 bits per heavy atom. The molecule has 1 aromatic heterocycles. The number of urea groups is 1. The molecule has 0 aliphatic heterocycles. The van der Waals surface area contributed by atoms with Crippen LogP contribution in [-0.4, -0.2) is 31.4 Å². The van der Waals surface area contributed by atoms with Crippen LogP contribution in [0.25, 0.3) is 10.9 Å². The van der Waals surface area contributed by atoms with Gasteiger partial charge in [0.1, 0.15) is 0 Å². The molecule has 0 saturated carbocycles. The number of methoxy groups -OCH3 is 2. The van der Waals surface area contributed by atoms with Crippen LogP contribution >= 0.6 is 0 Å². The molecular formula is C23H29N3O3. The number of amides is 2. The molecule has 0 spiro atoms. The van der Waals surface area contributed by atoms with Crippen molar-refractivity contribution >= 4 is 16.9 Å². The van der Waals surface area contributed by atoms with E-state index in [1.165, 1.54) is 10.9 Å². The van der Waals surface area contributed by atoms with E-state index < -0.39 is 0 Å². The maximum atomic E-state index is 12.5. The first-order chi connectivity index (χ1) is 14.0. The summed E-state index contributed by atoms with van der Waals surface area (Å²) in [4.78, 5) is 12.5. The largest absolute Gasteiger partial charge is 0.493 e. The number of rotatable bonds is 8. The van der Waals surface area contributed by atoms with Crippen molar-refractivity contribution in [1.29, 1.82) is 0 Å². The first kappa shape index (κ1) is 20.6. The molecule has 0 radical (unpaired) electrons. The zero-order valence-electron chi connectivity index (χ0n) is 17.4. The maximum absolute atomic E-state index is 12.5. The van der Waals surface area contributed by atoms with E-state index in [0.717, 1.165) is 5.56 Å². The predicted octanol–water partition coefficient (Wildman–Crippen LogP) is 4.36. The van der Waals surface area contributed by atoms with Crippen LogP contribution in [-0.2, 0) is 6.54 Å². The number of para-hydroxylation sites is 1. The van der Waals surface area contributed by atoms with Crippen molar-refractivity contribution in [3.05, 3.63) is 60.3 Å². The van der Waals surface area contributed by atoms with E-state index in [1.54, 1.807) is 14.2 Å². The summed E-state index contributed by atoms with van der Waals surface area (Å²) in [5.74, 6) is 1.53. The number of carbonyl (C=O) groups excluding carboxylic acids is 1. The van der Waals surface area contributed by atoms with Gasteiger partial charge in [0.05, 0.1) is 20.3 Å². The highest BCUT2D eigenvalue weighted by molar-refractivity contribution is 5.80. The summed E-state index contributed by atoms with van der Waals surface area (Å²) >= 11 is 0. The van der Waals surface area contributed by atoms with Gasteiger partial charge in [-0.1, -0.05) is 38.1 Å². The van der Waals surface area contributed by atoms with E-state index in [4.69, 9.17) is 9.47 Å². The molecule has 6 heteroatoms. The SMILES string of the molecule is COc1ccc([C@@H](NC(=O)NCCn2ccc3ccccc32)C(C)C)cc1OC. The number of aromatic nitrogens is 1. The first-order valence-electron chi connectivity index (χ1n) is 9.83. The Morgan fingerprint density at radius 1 is 1.03 bits per heavy atom. The Morgan fingerprint density at radius 2 is 1.79 bits per heavy atom. The molecular weight excluding hydrogens is 366 g/mol. The third-order valence-electron chi connectivity index (χ3n) is 5.04. The van der Waals surface area contributed by atoms with Crippen molar-refractivity contribution in [3.8, 4) is 11.5 Å². The van der Waals surface area contributed by atoms with E-state index in [-0.39, 0.29) is 18.0 Å². The lowest BCUT2D eigenvalue weighted by molar-refractivity contribution is 0.232. The molecule has 0 aliphatic carbocycles. The molecule has 3 aromatic rings. The number of hydrogen-bond donors (Lipinski definition) is 2. The number of carbonyl (C=O) groups is 1. The molecule has 2 amide bonds. The van der Waals surface area contributed by atoms with E-state index >= 15 is 0 Å². The van der Waals surface area contributed by atoms with Crippen LogP contribution in [0.2, 0.25) is 0 Å². The number of hydrogen-bond acceptors (Lipinski definition) is 3. The normalized spacial score (nSPS) is 12.0. The summed E-state index contributed by atoms with van der Waals surface area (Å²) in [5.41, 5.74) is 2.14. The number of nitrogens with one attached hydrogen (secondary N) is 2. The summed E-state index contributed by atoms with van der Waals surface area (Å²) in [6.45, 7) is 5.41. The fourth-order valence-corrected chi connectivity index (χ4v) is 3.50. The van der Waals surface area contributed by atoms with Gasteiger partial charge in [-0.05, 0) is 41.1 Å². The van der Waals surface area contributed by atoms with E-state index in [2.05, 4.69) is 47.2 Å². The highest BCUT2D eigenvalue weighted by atomic mass is 16.5. The first-order valence-corrected chi connectivity index (χ1v) is 9.83. The minimum absolute atomic E-state index is 0.137. The van der Waals surface area contributed by atoms with E-state index in [9.17, 15) is 4.79 Å². The molecule has 0 bridgehead atoms. The van der Waals surface area contributed by atoms with Crippen LogP contribution in [0.1, 0.15) is 25.5 Å². The van der Waals surface area contributed by atoms with Gasteiger partial charge in [0, 0.05) is 24.8 Å². The Hall–Kier alpha value is -3.15. The number of ether oxygens (including phenoxy) is 2. The van der Waals surface area contributed by atoms with Crippen molar-refractivity contribution in [2.45, 2.75) is 26.4 Å². The summed E-state index contributed by atoms with van der Waals surface area (Å²) < 4.78 is 12.8. The van der Waals surface area contributed by atoms with Gasteiger partial charge in [-0.3, -0.25) is 0 Å². The van der Waals surface area contributed by atoms with Gasteiger partial charge in [0.2, 0.25) is 0 Å². The molecule has 2 N–H and O–H groups in total. The lowest BCUT2D eigenvalue weighted by Gasteiger charge is -2.24. The van der Waals surface area contributed by atoms with Gasteiger partial charge in [-0.25, -0.2) is 4.79 Å². The molecule has 1 heterocycles. The van der Waals surface area contributed by atoms with Gasteiger partial charge in [-0.2, -0.15) is 0 Å². The second-order valence-corrected chi connectivity index (χ2v) is 7.30. The molecule has 154 valence electrons. The summed E-state index contributed by atoms with van der Waals surface area (Å²) in [7, 11) is 3.22. The molecule has 29 heavy (non-hydrogen) atoms. The fraction of sp³-hybridized carbons (Fsp3) is 0.348. The van der Waals surface area contributed by atoms with Crippen molar-refractivity contribution in [2.75, 3.05) is 20.8 Å². The van der Waals surface area contributed by atoms with Gasteiger partial charge in [-0.15, -0.1) is 0 Å². The smallest absolute Gasteiger partial charge is 0.315 e. The number of nitrogens with zero attached hydrogens (tertiary/aromatic N) is 1. The number of fused-ring (bicyclic) bond motifs is 1. The lowest BCUT2D eigenvalue weighted by atomic mass is 9.96. The Kier molecular flexibility index (Phi) is 6.65. The monoisotopic (exact) mass is 395 g/mol. The maximum Gasteiger partial charge on any atom is 0.315 e. The molecule has 0 fully saturated rings. The topological polar surface area (TPSA) is 64.5 Å². The van der Waals surface area contributed by atoms with E-state index in [1.807, 2.05) is 36.5 Å². The highest BCUT2D eigenvalue weighted by Gasteiger charge is 2.20. The second kappa shape index (κ2) is 9.37. The third-order valence-corrected chi connectivity index (χ3v) is 5.04. The Bertz CT molecular complexity index is 965. The lowest BCUT2D eigenvalue weighted by Crippen LogP contribution is -2.40. The minimum Gasteiger partial charge on any atom is -0.493 e. The zero-order chi connectivity index (χ0) is 20.8. The zero-order valence-corrected chi connectivity index (χ0v) is 17.4. The van der Waals surface area contributed by atoms with Crippen molar-refractivity contribution in [2.24, 2.45) is 5.92 Å². The van der Waals surface area contributed by atoms with Crippen LogP contribution in [0.5, 0.6) is 11.5 Å². The fourth-order valence-electron chi connectivity index (χ4n) is 3.50. The van der Waals surface area contributed by atoms with E-state index in [0.29, 0.717) is 24.6 Å². The Labute approximate surface area is 171 Å². The van der Waals surface area contributed by atoms with Gasteiger partial charge >= 0.3 is 6.03 Å². The van der Waals surface area contributed by atoms with Crippen molar-refractivity contribution in [3.63, 3.8) is 0 Å². The van der Waals surface area contributed by atoms with Crippen LogP contribution < -0.4 is 20.1 Å². The summed E-state index contributed by atoms with van der Waals surface area (Å²) in [6.07, 6.45) is 2.05. The molecule has 6 nitrogen and oxygen atoms in total. The third kappa shape index (κ3) is 4.83. The van der Waals surface area contributed by atoms with Gasteiger partial charge in [0.25, 0.3) is 0 Å².